The molecule has 1 aliphatic rings. The van der Waals surface area contributed by atoms with Crippen LogP contribution >= 0.6 is 23.4 Å². The van der Waals surface area contributed by atoms with Crippen LogP contribution in [-0.2, 0) is 4.79 Å². The lowest BCUT2D eigenvalue weighted by Gasteiger charge is -2.11. The Bertz CT molecular complexity index is 913. The van der Waals surface area contributed by atoms with E-state index in [1.54, 1.807) is 18.2 Å². The molecule has 0 aromatic heterocycles. The number of halogens is 2. The van der Waals surface area contributed by atoms with Gasteiger partial charge in [-0.2, -0.15) is 0 Å². The van der Waals surface area contributed by atoms with Crippen LogP contribution in [0, 0.1) is 5.82 Å². The Morgan fingerprint density at radius 2 is 1.92 bits per heavy atom. The number of thioether (sulfide) groups is 1. The fourth-order valence-corrected chi connectivity index (χ4v) is 3.37. The van der Waals surface area contributed by atoms with Crippen molar-refractivity contribution < 1.29 is 18.7 Å². The molecule has 1 N–H and O–H groups in total. The van der Waals surface area contributed by atoms with Crippen molar-refractivity contribution in [3.63, 3.8) is 0 Å². The summed E-state index contributed by atoms with van der Waals surface area (Å²) < 4.78 is 23.6. The molecule has 0 aliphatic carbocycles. The molecule has 1 amide bonds. The van der Waals surface area contributed by atoms with Crippen molar-refractivity contribution in [3.05, 3.63) is 57.7 Å². The molecule has 5 nitrogen and oxygen atoms in total. The molecule has 1 heterocycles. The summed E-state index contributed by atoms with van der Waals surface area (Å²) in [5, 5.41) is 3.54. The first-order chi connectivity index (χ1) is 12.5. The SMILES string of the molecule is COc1cc(Cl)cc(C=C2SC(=Nc3ccc(F)cc3)NC2=O)c1OC. The van der Waals surface area contributed by atoms with Crippen molar-refractivity contribution in [3.8, 4) is 11.5 Å². The third kappa shape index (κ3) is 4.00. The molecule has 0 saturated carbocycles. The maximum absolute atomic E-state index is 13.0. The zero-order valence-corrected chi connectivity index (χ0v) is 15.5. The van der Waals surface area contributed by atoms with E-state index in [2.05, 4.69) is 10.3 Å². The van der Waals surface area contributed by atoms with Gasteiger partial charge >= 0.3 is 0 Å². The third-order valence-electron chi connectivity index (χ3n) is 3.47. The van der Waals surface area contributed by atoms with Crippen LogP contribution in [0.4, 0.5) is 10.1 Å². The molecule has 2 aromatic carbocycles. The highest BCUT2D eigenvalue weighted by Crippen LogP contribution is 2.37. The standard InChI is InChI=1S/C18H14ClFN2O3S/c1-24-14-9-11(19)7-10(16(14)25-2)8-15-17(23)22-18(26-15)21-13-5-3-12(20)4-6-13/h3-9H,1-2H3,(H,21,22,23). The van der Waals surface area contributed by atoms with Gasteiger partial charge in [0.2, 0.25) is 0 Å². The van der Waals surface area contributed by atoms with E-state index in [0.717, 1.165) is 0 Å². The second-order valence-corrected chi connectivity index (χ2v) is 6.66. The first-order valence-electron chi connectivity index (χ1n) is 7.47. The molecule has 1 saturated heterocycles. The summed E-state index contributed by atoms with van der Waals surface area (Å²) in [5.74, 6) is 0.300. The Labute approximate surface area is 158 Å². The van der Waals surface area contributed by atoms with Gasteiger partial charge in [0.05, 0.1) is 24.8 Å². The van der Waals surface area contributed by atoms with Crippen molar-refractivity contribution in [2.24, 2.45) is 4.99 Å². The molecule has 26 heavy (non-hydrogen) atoms. The number of amidine groups is 1. The Balaban J connectivity index is 1.92. The molecule has 0 spiro atoms. The van der Waals surface area contributed by atoms with Gasteiger partial charge in [0.25, 0.3) is 5.91 Å². The lowest BCUT2D eigenvalue weighted by molar-refractivity contribution is -0.115. The highest BCUT2D eigenvalue weighted by molar-refractivity contribution is 8.18. The van der Waals surface area contributed by atoms with Crippen LogP contribution < -0.4 is 14.8 Å². The van der Waals surface area contributed by atoms with Gasteiger partial charge in [-0.15, -0.1) is 0 Å². The van der Waals surface area contributed by atoms with E-state index in [1.807, 2.05) is 0 Å². The number of methoxy groups -OCH3 is 2. The number of carbonyl (C=O) groups excluding carboxylic acids is 1. The number of aliphatic imine (C=N–C) groups is 1. The number of amides is 1. The van der Waals surface area contributed by atoms with Crippen molar-refractivity contribution in [1.29, 1.82) is 0 Å². The highest BCUT2D eigenvalue weighted by Gasteiger charge is 2.25. The lowest BCUT2D eigenvalue weighted by Crippen LogP contribution is -2.19. The molecule has 0 unspecified atom stereocenters. The van der Waals surface area contributed by atoms with Gasteiger partial charge < -0.3 is 14.8 Å². The number of hydrogen-bond donors (Lipinski definition) is 1. The van der Waals surface area contributed by atoms with Gasteiger partial charge in [0, 0.05) is 16.7 Å². The molecule has 3 rings (SSSR count). The number of nitrogens with one attached hydrogen (secondary N) is 1. The average molecular weight is 393 g/mol. The fraction of sp³-hybridized carbons (Fsp3) is 0.111. The van der Waals surface area contributed by atoms with E-state index in [1.165, 1.54) is 50.2 Å². The van der Waals surface area contributed by atoms with Crippen LogP contribution in [-0.4, -0.2) is 25.3 Å². The second kappa shape index (κ2) is 7.80. The Hall–Kier alpha value is -2.51. The third-order valence-corrected chi connectivity index (χ3v) is 4.60. The largest absolute Gasteiger partial charge is 0.493 e. The monoisotopic (exact) mass is 392 g/mol. The van der Waals surface area contributed by atoms with Crippen molar-refractivity contribution in [1.82, 2.24) is 5.32 Å². The summed E-state index contributed by atoms with van der Waals surface area (Å²) in [5.41, 5.74) is 1.15. The molecular formula is C18H14ClFN2O3S. The van der Waals surface area contributed by atoms with Crippen LogP contribution in [0.25, 0.3) is 6.08 Å². The second-order valence-electron chi connectivity index (χ2n) is 5.19. The summed E-state index contributed by atoms with van der Waals surface area (Å²) >= 11 is 7.27. The van der Waals surface area contributed by atoms with Gasteiger partial charge in [0.15, 0.2) is 16.7 Å². The number of benzene rings is 2. The maximum Gasteiger partial charge on any atom is 0.264 e. The normalized spacial score (nSPS) is 16.8. The molecule has 1 fully saturated rings. The van der Waals surface area contributed by atoms with Crippen molar-refractivity contribution in [2.45, 2.75) is 0 Å². The zero-order valence-electron chi connectivity index (χ0n) is 13.9. The van der Waals surface area contributed by atoms with Crippen LogP contribution in [0.15, 0.2) is 46.3 Å². The molecule has 0 atom stereocenters. The van der Waals surface area contributed by atoms with Gasteiger partial charge in [-0.1, -0.05) is 11.6 Å². The van der Waals surface area contributed by atoms with E-state index in [-0.39, 0.29) is 11.7 Å². The average Bonchev–Trinajstić information content (AvgIpc) is 2.95. The van der Waals surface area contributed by atoms with Gasteiger partial charge in [-0.05, 0) is 48.2 Å². The Kier molecular flexibility index (Phi) is 5.49. The van der Waals surface area contributed by atoms with E-state index >= 15 is 0 Å². The minimum Gasteiger partial charge on any atom is -0.493 e. The fourth-order valence-electron chi connectivity index (χ4n) is 2.32. The predicted molar refractivity (Wildman–Crippen MR) is 102 cm³/mol. The minimum absolute atomic E-state index is 0.295. The molecule has 0 radical (unpaired) electrons. The number of ether oxygens (including phenoxy) is 2. The highest BCUT2D eigenvalue weighted by atomic mass is 35.5. The van der Waals surface area contributed by atoms with Crippen LogP contribution in [0.5, 0.6) is 11.5 Å². The zero-order chi connectivity index (χ0) is 18.7. The number of nitrogens with zero attached hydrogens (tertiary/aromatic N) is 1. The van der Waals surface area contributed by atoms with Crippen LogP contribution in [0.3, 0.4) is 0 Å². The molecule has 2 aromatic rings. The molecular weight excluding hydrogens is 379 g/mol. The van der Waals surface area contributed by atoms with Crippen molar-refractivity contribution >= 4 is 46.2 Å². The van der Waals surface area contributed by atoms with Gasteiger partial charge in [-0.25, -0.2) is 9.38 Å². The van der Waals surface area contributed by atoms with E-state index in [4.69, 9.17) is 21.1 Å². The van der Waals surface area contributed by atoms with Gasteiger partial charge in [0.1, 0.15) is 5.82 Å². The maximum atomic E-state index is 13.0. The van der Waals surface area contributed by atoms with Crippen LogP contribution in [0.2, 0.25) is 5.02 Å². The predicted octanol–water partition coefficient (Wildman–Crippen LogP) is 4.39. The summed E-state index contributed by atoms with van der Waals surface area (Å²) in [6.45, 7) is 0. The summed E-state index contributed by atoms with van der Waals surface area (Å²) in [6.07, 6.45) is 1.65. The molecule has 0 bridgehead atoms. The smallest absolute Gasteiger partial charge is 0.264 e. The molecule has 134 valence electrons. The van der Waals surface area contributed by atoms with E-state index < -0.39 is 0 Å². The van der Waals surface area contributed by atoms with E-state index in [9.17, 15) is 9.18 Å². The van der Waals surface area contributed by atoms with Gasteiger partial charge in [-0.3, -0.25) is 4.79 Å². The topological polar surface area (TPSA) is 59.9 Å². The number of carbonyl (C=O) groups is 1. The number of rotatable bonds is 4. The minimum atomic E-state index is -0.348. The first-order valence-corrected chi connectivity index (χ1v) is 8.66. The van der Waals surface area contributed by atoms with E-state index in [0.29, 0.717) is 37.8 Å². The molecule has 1 aliphatic heterocycles. The summed E-state index contributed by atoms with van der Waals surface area (Å²) in [7, 11) is 3.02. The summed E-state index contributed by atoms with van der Waals surface area (Å²) in [4.78, 5) is 16.9. The summed E-state index contributed by atoms with van der Waals surface area (Å²) in [6, 6.07) is 8.98. The quantitative estimate of drug-likeness (QED) is 0.784. The Morgan fingerprint density at radius 3 is 2.58 bits per heavy atom. The Morgan fingerprint density at radius 1 is 1.19 bits per heavy atom. The lowest BCUT2D eigenvalue weighted by atomic mass is 10.1. The number of hydrogen-bond acceptors (Lipinski definition) is 5. The first kappa shape index (κ1) is 18.3. The molecule has 8 heteroatoms. The van der Waals surface area contributed by atoms with Crippen molar-refractivity contribution in [2.75, 3.05) is 14.2 Å². The van der Waals surface area contributed by atoms with Crippen LogP contribution in [0.1, 0.15) is 5.56 Å².